The molecular weight excluding hydrogens is 213 g/mol. The third-order valence-electron chi connectivity index (χ3n) is 1.55. The Labute approximate surface area is 84.3 Å². The fraction of sp³-hybridized carbons (Fsp3) is 0.125. The van der Waals surface area contributed by atoms with Crippen LogP contribution in [0.3, 0.4) is 0 Å². The molecule has 5 heteroatoms. The SMILES string of the molecule is ClCc1ncc(-c2ccoc2Cl)o1. The summed E-state index contributed by atoms with van der Waals surface area (Å²) in [5.74, 6) is 1.28. The Balaban J connectivity index is 2.41. The summed E-state index contributed by atoms with van der Waals surface area (Å²) < 4.78 is 10.2. The smallest absolute Gasteiger partial charge is 0.209 e. The second-order valence-electron chi connectivity index (χ2n) is 2.36. The third-order valence-corrected chi connectivity index (χ3v) is 2.07. The zero-order chi connectivity index (χ0) is 9.26. The summed E-state index contributed by atoms with van der Waals surface area (Å²) in [6.07, 6.45) is 3.05. The number of hydrogen-bond donors (Lipinski definition) is 0. The molecule has 0 saturated heterocycles. The van der Waals surface area contributed by atoms with Crippen LogP contribution >= 0.6 is 23.2 Å². The van der Waals surface area contributed by atoms with Gasteiger partial charge in [0.15, 0.2) is 5.76 Å². The van der Waals surface area contributed by atoms with Gasteiger partial charge in [-0.25, -0.2) is 4.98 Å². The fourth-order valence-corrected chi connectivity index (χ4v) is 1.30. The molecule has 2 aromatic heterocycles. The molecule has 0 radical (unpaired) electrons. The molecule has 0 saturated carbocycles. The number of oxazole rings is 1. The van der Waals surface area contributed by atoms with Gasteiger partial charge < -0.3 is 8.83 Å². The van der Waals surface area contributed by atoms with Crippen LogP contribution in [-0.2, 0) is 5.88 Å². The third kappa shape index (κ3) is 1.57. The van der Waals surface area contributed by atoms with Crippen molar-refractivity contribution in [3.8, 4) is 11.3 Å². The minimum absolute atomic E-state index is 0.246. The summed E-state index contributed by atoms with van der Waals surface area (Å²) in [6.45, 7) is 0. The molecule has 68 valence electrons. The van der Waals surface area contributed by atoms with Gasteiger partial charge in [-0.3, -0.25) is 0 Å². The van der Waals surface area contributed by atoms with E-state index in [1.807, 2.05) is 0 Å². The maximum absolute atomic E-state index is 5.74. The van der Waals surface area contributed by atoms with Gasteiger partial charge in [-0.1, -0.05) is 0 Å². The zero-order valence-corrected chi connectivity index (χ0v) is 7.97. The number of furan rings is 1. The van der Waals surface area contributed by atoms with E-state index in [1.54, 1.807) is 12.3 Å². The quantitative estimate of drug-likeness (QED) is 0.725. The van der Waals surface area contributed by atoms with Crippen molar-refractivity contribution in [1.82, 2.24) is 4.98 Å². The Kier molecular flexibility index (Phi) is 2.29. The van der Waals surface area contributed by atoms with Gasteiger partial charge in [-0.15, -0.1) is 11.6 Å². The lowest BCUT2D eigenvalue weighted by molar-refractivity contribution is 0.526. The summed E-state index contributed by atoms with van der Waals surface area (Å²) in [5, 5.41) is 0.289. The van der Waals surface area contributed by atoms with Crippen LogP contribution < -0.4 is 0 Å². The predicted molar refractivity (Wildman–Crippen MR) is 48.8 cm³/mol. The molecule has 0 atom stereocenters. The van der Waals surface area contributed by atoms with Crippen molar-refractivity contribution in [2.75, 3.05) is 0 Å². The molecule has 0 spiro atoms. The second kappa shape index (κ2) is 3.44. The van der Waals surface area contributed by atoms with Crippen LogP contribution in [0.25, 0.3) is 11.3 Å². The second-order valence-corrected chi connectivity index (χ2v) is 2.97. The molecule has 0 aromatic carbocycles. The van der Waals surface area contributed by atoms with E-state index in [9.17, 15) is 0 Å². The number of nitrogens with zero attached hydrogens (tertiary/aromatic N) is 1. The van der Waals surface area contributed by atoms with Crippen LogP contribution in [0.5, 0.6) is 0 Å². The summed E-state index contributed by atoms with van der Waals surface area (Å²) in [7, 11) is 0. The molecule has 13 heavy (non-hydrogen) atoms. The molecule has 2 heterocycles. The lowest BCUT2D eigenvalue weighted by atomic mass is 10.3. The number of aromatic nitrogens is 1. The average Bonchev–Trinajstić information content (AvgIpc) is 2.71. The van der Waals surface area contributed by atoms with Gasteiger partial charge in [0, 0.05) is 0 Å². The summed E-state index contributed by atoms with van der Waals surface area (Å²) >= 11 is 11.3. The van der Waals surface area contributed by atoms with Gasteiger partial charge in [-0.05, 0) is 17.7 Å². The predicted octanol–water partition coefficient (Wildman–Crippen LogP) is 3.33. The molecule has 0 aliphatic carbocycles. The van der Waals surface area contributed by atoms with Gasteiger partial charge in [0.05, 0.1) is 23.9 Å². The van der Waals surface area contributed by atoms with E-state index in [0.29, 0.717) is 17.2 Å². The fourth-order valence-electron chi connectivity index (χ4n) is 0.966. The van der Waals surface area contributed by atoms with Gasteiger partial charge in [0.2, 0.25) is 11.1 Å². The number of alkyl halides is 1. The first-order valence-electron chi connectivity index (χ1n) is 3.55. The van der Waals surface area contributed by atoms with Crippen LogP contribution in [0.2, 0.25) is 5.22 Å². The van der Waals surface area contributed by atoms with E-state index < -0.39 is 0 Å². The molecule has 2 rings (SSSR count). The van der Waals surface area contributed by atoms with Crippen molar-refractivity contribution in [3.05, 3.63) is 29.6 Å². The highest BCUT2D eigenvalue weighted by atomic mass is 35.5. The van der Waals surface area contributed by atoms with Crippen LogP contribution in [-0.4, -0.2) is 4.98 Å². The average molecular weight is 218 g/mol. The van der Waals surface area contributed by atoms with E-state index in [0.717, 1.165) is 0 Å². The van der Waals surface area contributed by atoms with Crippen LogP contribution in [0.15, 0.2) is 27.4 Å². The van der Waals surface area contributed by atoms with E-state index in [1.165, 1.54) is 6.26 Å². The van der Waals surface area contributed by atoms with Gasteiger partial charge in [0.1, 0.15) is 0 Å². The molecule has 0 aliphatic rings. The monoisotopic (exact) mass is 217 g/mol. The molecule has 0 amide bonds. The van der Waals surface area contributed by atoms with Crippen molar-refractivity contribution < 1.29 is 8.83 Å². The summed E-state index contributed by atoms with van der Waals surface area (Å²) in [6, 6.07) is 1.71. The first-order chi connectivity index (χ1) is 6.31. The Morgan fingerprint density at radius 3 is 2.85 bits per heavy atom. The van der Waals surface area contributed by atoms with E-state index >= 15 is 0 Å². The highest BCUT2D eigenvalue weighted by Gasteiger charge is 2.11. The molecule has 0 unspecified atom stereocenters. The minimum atomic E-state index is 0.246. The molecule has 2 aromatic rings. The Bertz CT molecular complexity index is 408. The Morgan fingerprint density at radius 1 is 1.46 bits per heavy atom. The van der Waals surface area contributed by atoms with Crippen LogP contribution in [0.4, 0.5) is 0 Å². The van der Waals surface area contributed by atoms with Crippen LogP contribution in [0, 0.1) is 0 Å². The highest BCUT2D eigenvalue weighted by molar-refractivity contribution is 6.31. The lowest BCUT2D eigenvalue weighted by Crippen LogP contribution is -1.71. The van der Waals surface area contributed by atoms with Crippen molar-refractivity contribution in [2.45, 2.75) is 5.88 Å². The summed E-state index contributed by atoms with van der Waals surface area (Å²) in [5.41, 5.74) is 0.686. The molecule has 0 N–H and O–H groups in total. The van der Waals surface area contributed by atoms with Gasteiger partial charge in [0.25, 0.3) is 0 Å². The lowest BCUT2D eigenvalue weighted by Gasteiger charge is -1.88. The van der Waals surface area contributed by atoms with E-state index in [-0.39, 0.29) is 11.1 Å². The minimum Gasteiger partial charge on any atom is -0.452 e. The van der Waals surface area contributed by atoms with Crippen molar-refractivity contribution in [3.63, 3.8) is 0 Å². The van der Waals surface area contributed by atoms with Gasteiger partial charge in [-0.2, -0.15) is 0 Å². The largest absolute Gasteiger partial charge is 0.452 e. The zero-order valence-electron chi connectivity index (χ0n) is 6.46. The number of rotatable bonds is 2. The van der Waals surface area contributed by atoms with Crippen LogP contribution in [0.1, 0.15) is 5.89 Å². The van der Waals surface area contributed by atoms with E-state index in [4.69, 9.17) is 32.0 Å². The molecule has 0 bridgehead atoms. The summed E-state index contributed by atoms with van der Waals surface area (Å²) in [4.78, 5) is 3.93. The maximum Gasteiger partial charge on any atom is 0.209 e. The first-order valence-corrected chi connectivity index (χ1v) is 4.46. The number of hydrogen-bond acceptors (Lipinski definition) is 3. The standard InChI is InChI=1S/C8H5Cl2NO2/c9-3-7-11-4-6(13-7)5-1-2-12-8(5)10/h1-2,4H,3H2. The van der Waals surface area contributed by atoms with Crippen molar-refractivity contribution >= 4 is 23.2 Å². The van der Waals surface area contributed by atoms with Crippen molar-refractivity contribution in [1.29, 1.82) is 0 Å². The van der Waals surface area contributed by atoms with Gasteiger partial charge >= 0.3 is 0 Å². The molecule has 0 aliphatic heterocycles. The highest BCUT2D eigenvalue weighted by Crippen LogP contribution is 2.29. The molecular formula is C8H5Cl2NO2. The molecule has 0 fully saturated rings. The topological polar surface area (TPSA) is 39.2 Å². The first kappa shape index (κ1) is 8.66. The maximum atomic E-state index is 5.74. The molecule has 3 nitrogen and oxygen atoms in total. The van der Waals surface area contributed by atoms with E-state index in [2.05, 4.69) is 4.98 Å². The normalized spacial score (nSPS) is 10.6. The number of halogens is 2. The van der Waals surface area contributed by atoms with Crippen molar-refractivity contribution in [2.24, 2.45) is 0 Å². The Morgan fingerprint density at radius 2 is 2.31 bits per heavy atom. The Hall–Kier alpha value is -0.930.